The third kappa shape index (κ3) is 3.15. The standard InChI is InChI=1S/C14H19N3O3/c1-9-3-4-11(16-10(2)18)7-12(9)17-13(19)14(15)5-6-20-8-14/h3-4,7H,5-6,8,15H2,1-2H3,(H,16,18)(H,17,19). The molecule has 1 atom stereocenters. The van der Waals surface area contributed by atoms with Crippen molar-refractivity contribution in [2.75, 3.05) is 23.8 Å². The average Bonchev–Trinajstić information content (AvgIpc) is 2.81. The van der Waals surface area contributed by atoms with Crippen molar-refractivity contribution in [3.05, 3.63) is 23.8 Å². The lowest BCUT2D eigenvalue weighted by Gasteiger charge is -2.21. The molecular formula is C14H19N3O3. The second kappa shape index (κ2) is 5.60. The van der Waals surface area contributed by atoms with Crippen molar-refractivity contribution in [1.29, 1.82) is 0 Å². The van der Waals surface area contributed by atoms with Crippen LogP contribution in [0.1, 0.15) is 18.9 Å². The number of hydrogen-bond acceptors (Lipinski definition) is 4. The Hall–Kier alpha value is -1.92. The maximum Gasteiger partial charge on any atom is 0.246 e. The van der Waals surface area contributed by atoms with Gasteiger partial charge in [-0.2, -0.15) is 0 Å². The van der Waals surface area contributed by atoms with Crippen molar-refractivity contribution < 1.29 is 14.3 Å². The van der Waals surface area contributed by atoms with E-state index in [1.807, 2.05) is 13.0 Å². The molecule has 6 heteroatoms. The van der Waals surface area contributed by atoms with Crippen molar-refractivity contribution in [2.45, 2.75) is 25.8 Å². The van der Waals surface area contributed by atoms with Gasteiger partial charge < -0.3 is 21.1 Å². The lowest BCUT2D eigenvalue weighted by atomic mass is 9.99. The van der Waals surface area contributed by atoms with Gasteiger partial charge in [0, 0.05) is 24.9 Å². The molecule has 20 heavy (non-hydrogen) atoms. The predicted octanol–water partition coefficient (Wildman–Crippen LogP) is 1.01. The molecule has 0 aliphatic carbocycles. The zero-order chi connectivity index (χ0) is 14.8. The topological polar surface area (TPSA) is 93.5 Å². The predicted molar refractivity (Wildman–Crippen MR) is 76.5 cm³/mol. The van der Waals surface area contributed by atoms with Gasteiger partial charge in [0.05, 0.1) is 6.61 Å². The molecule has 4 N–H and O–H groups in total. The number of rotatable bonds is 3. The van der Waals surface area contributed by atoms with Crippen LogP contribution in [0.3, 0.4) is 0 Å². The molecule has 0 aromatic heterocycles. The summed E-state index contributed by atoms with van der Waals surface area (Å²) in [5, 5.41) is 5.49. The molecule has 108 valence electrons. The van der Waals surface area contributed by atoms with Crippen molar-refractivity contribution in [3.8, 4) is 0 Å². The Balaban J connectivity index is 2.15. The van der Waals surface area contributed by atoms with E-state index in [0.717, 1.165) is 5.56 Å². The minimum Gasteiger partial charge on any atom is -0.379 e. The summed E-state index contributed by atoms with van der Waals surface area (Å²) in [6.45, 7) is 4.03. The fraction of sp³-hybridized carbons (Fsp3) is 0.429. The molecule has 1 fully saturated rings. The molecule has 2 amide bonds. The van der Waals surface area contributed by atoms with Crippen LogP contribution in [-0.4, -0.2) is 30.6 Å². The summed E-state index contributed by atoms with van der Waals surface area (Å²) in [4.78, 5) is 23.3. The molecule has 0 radical (unpaired) electrons. The highest BCUT2D eigenvalue weighted by atomic mass is 16.5. The largest absolute Gasteiger partial charge is 0.379 e. The first-order valence-corrected chi connectivity index (χ1v) is 6.47. The van der Waals surface area contributed by atoms with E-state index in [1.54, 1.807) is 12.1 Å². The number of nitrogens with two attached hydrogens (primary N) is 1. The van der Waals surface area contributed by atoms with Gasteiger partial charge in [-0.05, 0) is 31.0 Å². The van der Waals surface area contributed by atoms with Crippen LogP contribution in [0.25, 0.3) is 0 Å². The van der Waals surface area contributed by atoms with Crippen LogP contribution >= 0.6 is 0 Å². The maximum absolute atomic E-state index is 12.2. The number of amides is 2. The Morgan fingerprint density at radius 1 is 1.35 bits per heavy atom. The van der Waals surface area contributed by atoms with E-state index < -0.39 is 5.54 Å². The van der Waals surface area contributed by atoms with E-state index in [2.05, 4.69) is 10.6 Å². The average molecular weight is 277 g/mol. The number of nitrogens with one attached hydrogen (secondary N) is 2. The number of carbonyl (C=O) groups is 2. The van der Waals surface area contributed by atoms with Crippen LogP contribution < -0.4 is 16.4 Å². The fourth-order valence-electron chi connectivity index (χ4n) is 2.04. The number of anilines is 2. The quantitative estimate of drug-likeness (QED) is 0.768. The summed E-state index contributed by atoms with van der Waals surface area (Å²) in [6.07, 6.45) is 0.503. The Morgan fingerprint density at radius 3 is 2.70 bits per heavy atom. The molecule has 1 heterocycles. The van der Waals surface area contributed by atoms with Crippen LogP contribution in [0.5, 0.6) is 0 Å². The number of carbonyl (C=O) groups excluding carboxylic acids is 2. The summed E-state index contributed by atoms with van der Waals surface area (Å²) >= 11 is 0. The summed E-state index contributed by atoms with van der Waals surface area (Å²) in [6, 6.07) is 5.33. The highest BCUT2D eigenvalue weighted by molar-refractivity contribution is 5.99. The molecule has 0 saturated carbocycles. The summed E-state index contributed by atoms with van der Waals surface area (Å²) in [5.74, 6) is -0.427. The van der Waals surface area contributed by atoms with Crippen molar-refractivity contribution >= 4 is 23.2 Å². The van der Waals surface area contributed by atoms with Gasteiger partial charge in [-0.15, -0.1) is 0 Å². The Labute approximate surface area is 117 Å². The second-order valence-electron chi connectivity index (χ2n) is 5.12. The van der Waals surface area contributed by atoms with Crippen LogP contribution in [0.15, 0.2) is 18.2 Å². The Kier molecular flexibility index (Phi) is 4.06. The first kappa shape index (κ1) is 14.5. The second-order valence-corrected chi connectivity index (χ2v) is 5.12. The molecule has 1 aliphatic heterocycles. The van der Waals surface area contributed by atoms with Crippen molar-refractivity contribution in [2.24, 2.45) is 5.73 Å². The van der Waals surface area contributed by atoms with Crippen LogP contribution in [-0.2, 0) is 14.3 Å². The van der Waals surface area contributed by atoms with E-state index in [0.29, 0.717) is 24.4 Å². The highest BCUT2D eigenvalue weighted by Gasteiger charge is 2.38. The van der Waals surface area contributed by atoms with E-state index in [9.17, 15) is 9.59 Å². The molecule has 1 aliphatic rings. The fourth-order valence-corrected chi connectivity index (χ4v) is 2.04. The van der Waals surface area contributed by atoms with Crippen molar-refractivity contribution in [1.82, 2.24) is 0 Å². The van der Waals surface area contributed by atoms with E-state index in [4.69, 9.17) is 10.5 Å². The molecular weight excluding hydrogens is 258 g/mol. The van der Waals surface area contributed by atoms with Crippen LogP contribution in [0.2, 0.25) is 0 Å². The van der Waals surface area contributed by atoms with Gasteiger partial charge in [0.1, 0.15) is 5.54 Å². The number of ether oxygens (including phenoxy) is 1. The SMILES string of the molecule is CC(=O)Nc1ccc(C)c(NC(=O)C2(N)CCOC2)c1. The smallest absolute Gasteiger partial charge is 0.246 e. The maximum atomic E-state index is 12.2. The highest BCUT2D eigenvalue weighted by Crippen LogP contribution is 2.23. The van der Waals surface area contributed by atoms with Crippen molar-refractivity contribution in [3.63, 3.8) is 0 Å². The van der Waals surface area contributed by atoms with Gasteiger partial charge in [-0.3, -0.25) is 9.59 Å². The van der Waals surface area contributed by atoms with Gasteiger partial charge in [0.2, 0.25) is 11.8 Å². The third-order valence-electron chi connectivity index (χ3n) is 3.31. The summed E-state index contributed by atoms with van der Waals surface area (Å²) in [5.41, 5.74) is 7.20. The van der Waals surface area contributed by atoms with Gasteiger partial charge in [-0.25, -0.2) is 0 Å². The van der Waals surface area contributed by atoms with Gasteiger partial charge in [0.25, 0.3) is 0 Å². The van der Waals surface area contributed by atoms with Gasteiger partial charge >= 0.3 is 0 Å². The first-order valence-electron chi connectivity index (χ1n) is 6.47. The number of hydrogen-bond donors (Lipinski definition) is 3. The number of aryl methyl sites for hydroxylation is 1. The molecule has 0 bridgehead atoms. The van der Waals surface area contributed by atoms with Crippen LogP contribution in [0.4, 0.5) is 11.4 Å². The van der Waals surface area contributed by atoms with E-state index in [1.165, 1.54) is 6.92 Å². The lowest BCUT2D eigenvalue weighted by Crippen LogP contribution is -2.51. The van der Waals surface area contributed by atoms with Crippen LogP contribution in [0, 0.1) is 6.92 Å². The zero-order valence-corrected chi connectivity index (χ0v) is 11.7. The molecule has 6 nitrogen and oxygen atoms in total. The van der Waals surface area contributed by atoms with Gasteiger partial charge in [-0.1, -0.05) is 6.07 Å². The first-order chi connectivity index (χ1) is 9.40. The molecule has 1 saturated heterocycles. The Bertz CT molecular complexity index is 536. The normalized spacial score (nSPS) is 21.6. The van der Waals surface area contributed by atoms with Gasteiger partial charge in [0.15, 0.2) is 0 Å². The lowest BCUT2D eigenvalue weighted by molar-refractivity contribution is -0.121. The Morgan fingerprint density at radius 2 is 2.10 bits per heavy atom. The molecule has 2 rings (SSSR count). The van der Waals surface area contributed by atoms with E-state index >= 15 is 0 Å². The molecule has 1 aromatic carbocycles. The summed E-state index contributed by atoms with van der Waals surface area (Å²) in [7, 11) is 0. The third-order valence-corrected chi connectivity index (χ3v) is 3.31. The molecule has 1 aromatic rings. The monoisotopic (exact) mass is 277 g/mol. The molecule has 1 unspecified atom stereocenters. The summed E-state index contributed by atoms with van der Waals surface area (Å²) < 4.78 is 5.18. The minimum atomic E-state index is -0.976. The minimum absolute atomic E-state index is 0.161. The number of benzene rings is 1. The zero-order valence-electron chi connectivity index (χ0n) is 11.7. The van der Waals surface area contributed by atoms with E-state index in [-0.39, 0.29) is 18.4 Å². The molecule has 0 spiro atoms.